The number of nitrogens with one attached hydrogen (secondary N) is 2. The summed E-state index contributed by atoms with van der Waals surface area (Å²) in [5.41, 5.74) is 0. The van der Waals surface area contributed by atoms with Gasteiger partial charge in [-0.25, -0.2) is 0 Å². The van der Waals surface area contributed by atoms with Crippen LogP contribution < -0.4 is 10.6 Å². The van der Waals surface area contributed by atoms with Crippen molar-refractivity contribution in [3.8, 4) is 0 Å². The molecule has 2 rings (SSSR count). The van der Waals surface area contributed by atoms with Crippen LogP contribution in [0.3, 0.4) is 0 Å². The van der Waals surface area contributed by atoms with Gasteiger partial charge in [-0.2, -0.15) is 0 Å². The highest BCUT2D eigenvalue weighted by Gasteiger charge is 2.23. The van der Waals surface area contributed by atoms with Gasteiger partial charge in [-0.3, -0.25) is 0 Å². The fourth-order valence-corrected chi connectivity index (χ4v) is 1.31. The van der Waals surface area contributed by atoms with Crippen LogP contribution in [0.5, 0.6) is 0 Å². The Balaban J connectivity index is 0.000000500. The van der Waals surface area contributed by atoms with E-state index in [1.165, 1.54) is 32.4 Å². The molecular formula is C7H16N2. The quantitative estimate of drug-likeness (QED) is 0.560. The van der Waals surface area contributed by atoms with Gasteiger partial charge < -0.3 is 10.6 Å². The SMILES string of the molecule is C1CC(NC2CNC2)C1.[HH]. The van der Waals surface area contributed by atoms with E-state index in [1.54, 1.807) is 0 Å². The van der Waals surface area contributed by atoms with E-state index in [9.17, 15) is 0 Å². The summed E-state index contributed by atoms with van der Waals surface area (Å²) in [5, 5.41) is 6.84. The van der Waals surface area contributed by atoms with Gasteiger partial charge in [0.25, 0.3) is 0 Å². The van der Waals surface area contributed by atoms with E-state index in [-0.39, 0.29) is 1.43 Å². The van der Waals surface area contributed by atoms with Crippen molar-refractivity contribution in [1.82, 2.24) is 10.6 Å². The fraction of sp³-hybridized carbons (Fsp3) is 1.00. The van der Waals surface area contributed by atoms with Gasteiger partial charge in [-0.15, -0.1) is 0 Å². The average Bonchev–Trinajstić information content (AvgIpc) is 1.57. The van der Waals surface area contributed by atoms with Crippen molar-refractivity contribution in [2.24, 2.45) is 0 Å². The van der Waals surface area contributed by atoms with E-state index in [4.69, 9.17) is 0 Å². The smallest absolute Gasteiger partial charge is 0.0319 e. The van der Waals surface area contributed by atoms with Gasteiger partial charge in [0.1, 0.15) is 0 Å². The van der Waals surface area contributed by atoms with Crippen molar-refractivity contribution in [1.29, 1.82) is 0 Å². The van der Waals surface area contributed by atoms with Crippen molar-refractivity contribution in [2.45, 2.75) is 31.3 Å². The van der Waals surface area contributed by atoms with Crippen LogP contribution in [0, 0.1) is 0 Å². The zero-order valence-electron chi connectivity index (χ0n) is 5.69. The third-order valence-corrected chi connectivity index (χ3v) is 2.36. The molecule has 1 saturated carbocycles. The van der Waals surface area contributed by atoms with E-state index in [1.807, 2.05) is 0 Å². The Bertz CT molecular complexity index is 87.8. The van der Waals surface area contributed by atoms with E-state index < -0.39 is 0 Å². The lowest BCUT2D eigenvalue weighted by molar-refractivity contribution is 0.259. The van der Waals surface area contributed by atoms with Gasteiger partial charge in [0.2, 0.25) is 0 Å². The van der Waals surface area contributed by atoms with Gasteiger partial charge in [0.15, 0.2) is 0 Å². The molecule has 2 fully saturated rings. The molecule has 0 atom stereocenters. The molecule has 1 heterocycles. The molecule has 9 heavy (non-hydrogen) atoms. The van der Waals surface area contributed by atoms with Crippen LogP contribution >= 0.6 is 0 Å². The molecule has 0 spiro atoms. The Morgan fingerprint density at radius 2 is 2.00 bits per heavy atom. The van der Waals surface area contributed by atoms with Crippen LogP contribution in [0.2, 0.25) is 0 Å². The minimum atomic E-state index is 0. The van der Waals surface area contributed by atoms with Crippen molar-refractivity contribution < 1.29 is 1.43 Å². The van der Waals surface area contributed by atoms with Crippen LogP contribution in [0.1, 0.15) is 20.7 Å². The molecule has 2 nitrogen and oxygen atoms in total. The highest BCUT2D eigenvalue weighted by atomic mass is 15.1. The lowest BCUT2D eigenvalue weighted by Gasteiger charge is -2.36. The third kappa shape index (κ3) is 1.10. The van der Waals surface area contributed by atoms with E-state index in [0.29, 0.717) is 0 Å². The maximum atomic E-state index is 3.59. The summed E-state index contributed by atoms with van der Waals surface area (Å²) in [4.78, 5) is 0. The van der Waals surface area contributed by atoms with E-state index >= 15 is 0 Å². The first kappa shape index (κ1) is 5.69. The number of hydrogen-bond acceptors (Lipinski definition) is 2. The van der Waals surface area contributed by atoms with Crippen LogP contribution in [-0.4, -0.2) is 25.2 Å². The Kier molecular flexibility index (Phi) is 1.44. The summed E-state index contributed by atoms with van der Waals surface area (Å²) in [5.74, 6) is 0. The minimum absolute atomic E-state index is 0. The molecule has 0 bridgehead atoms. The molecule has 54 valence electrons. The third-order valence-electron chi connectivity index (χ3n) is 2.36. The van der Waals surface area contributed by atoms with Crippen LogP contribution in [0.4, 0.5) is 0 Å². The topological polar surface area (TPSA) is 24.1 Å². The van der Waals surface area contributed by atoms with Gasteiger partial charge in [-0.05, 0) is 12.8 Å². The first-order chi connectivity index (χ1) is 4.45. The monoisotopic (exact) mass is 128 g/mol. The molecule has 1 aliphatic carbocycles. The highest BCUT2D eigenvalue weighted by Crippen LogP contribution is 2.18. The summed E-state index contributed by atoms with van der Waals surface area (Å²) in [6.45, 7) is 2.38. The molecule has 0 aromatic rings. The van der Waals surface area contributed by atoms with Crippen LogP contribution in [-0.2, 0) is 0 Å². The first-order valence-electron chi connectivity index (χ1n) is 3.92. The number of hydrogen-bond donors (Lipinski definition) is 2. The largest absolute Gasteiger partial charge is 0.314 e. The van der Waals surface area contributed by atoms with Gasteiger partial charge in [-0.1, -0.05) is 6.42 Å². The van der Waals surface area contributed by atoms with Crippen molar-refractivity contribution in [3.63, 3.8) is 0 Å². The van der Waals surface area contributed by atoms with Gasteiger partial charge in [0, 0.05) is 26.6 Å². The predicted octanol–water partition coefficient (Wildman–Crippen LogP) is 0.346. The van der Waals surface area contributed by atoms with Gasteiger partial charge in [0.05, 0.1) is 0 Å². The van der Waals surface area contributed by atoms with E-state index in [0.717, 1.165) is 12.1 Å². The molecule has 2 aliphatic rings. The standard InChI is InChI=1S/C7H14N2.H2/c1-2-6(3-1)9-7-4-8-5-7;/h6-9H,1-5H2;1H. The first-order valence-corrected chi connectivity index (χ1v) is 3.92. The fourth-order valence-electron chi connectivity index (χ4n) is 1.31. The van der Waals surface area contributed by atoms with Crippen LogP contribution in [0.15, 0.2) is 0 Å². The molecule has 2 heteroatoms. The number of rotatable bonds is 2. The zero-order valence-corrected chi connectivity index (χ0v) is 5.69. The molecule has 0 unspecified atom stereocenters. The van der Waals surface area contributed by atoms with Crippen molar-refractivity contribution in [3.05, 3.63) is 0 Å². The summed E-state index contributed by atoms with van der Waals surface area (Å²) < 4.78 is 0. The zero-order chi connectivity index (χ0) is 6.10. The molecule has 2 N–H and O–H groups in total. The second-order valence-corrected chi connectivity index (χ2v) is 3.15. The van der Waals surface area contributed by atoms with Crippen molar-refractivity contribution >= 4 is 0 Å². The minimum Gasteiger partial charge on any atom is -0.314 e. The summed E-state index contributed by atoms with van der Waals surface area (Å²) in [6, 6.07) is 1.67. The average molecular weight is 128 g/mol. The maximum absolute atomic E-state index is 3.59. The summed E-state index contributed by atoms with van der Waals surface area (Å²) in [6.07, 6.45) is 4.27. The summed E-state index contributed by atoms with van der Waals surface area (Å²) in [7, 11) is 0. The Labute approximate surface area is 57.5 Å². The summed E-state index contributed by atoms with van der Waals surface area (Å²) >= 11 is 0. The Hall–Kier alpha value is -0.0800. The second-order valence-electron chi connectivity index (χ2n) is 3.15. The molecular weight excluding hydrogens is 112 g/mol. The second kappa shape index (κ2) is 2.27. The lowest BCUT2D eigenvalue weighted by atomic mass is 9.92. The van der Waals surface area contributed by atoms with E-state index in [2.05, 4.69) is 10.6 Å². The molecule has 0 amide bonds. The maximum Gasteiger partial charge on any atom is 0.0319 e. The predicted molar refractivity (Wildman–Crippen MR) is 39.5 cm³/mol. The molecule has 1 aliphatic heterocycles. The Morgan fingerprint density at radius 3 is 2.33 bits per heavy atom. The van der Waals surface area contributed by atoms with Crippen molar-refractivity contribution in [2.75, 3.05) is 13.1 Å². The molecule has 0 radical (unpaired) electrons. The Morgan fingerprint density at radius 1 is 1.22 bits per heavy atom. The van der Waals surface area contributed by atoms with Gasteiger partial charge >= 0.3 is 0 Å². The lowest BCUT2D eigenvalue weighted by Crippen LogP contribution is -2.59. The molecule has 0 aromatic heterocycles. The van der Waals surface area contributed by atoms with Crippen LogP contribution in [0.25, 0.3) is 0 Å². The molecule has 1 saturated heterocycles. The normalized spacial score (nSPS) is 29.3. The molecule has 0 aromatic carbocycles. The highest BCUT2D eigenvalue weighted by molar-refractivity contribution is 4.87.